The predicted molar refractivity (Wildman–Crippen MR) is 85.2 cm³/mol. The highest BCUT2D eigenvalue weighted by Crippen LogP contribution is 2.24. The first-order chi connectivity index (χ1) is 9.69. The van der Waals surface area contributed by atoms with E-state index in [-0.39, 0.29) is 0 Å². The van der Waals surface area contributed by atoms with Crippen molar-refractivity contribution in [2.45, 2.75) is 51.8 Å². The van der Waals surface area contributed by atoms with E-state index in [0.717, 1.165) is 49.2 Å². The molecule has 0 saturated carbocycles. The summed E-state index contributed by atoms with van der Waals surface area (Å²) in [6.45, 7) is 6.73. The maximum atomic E-state index is 5.82. The van der Waals surface area contributed by atoms with Gasteiger partial charge in [0, 0.05) is 29.2 Å². The normalized spacial score (nSPS) is 22.8. The lowest BCUT2D eigenvalue weighted by Crippen LogP contribution is -2.37. The minimum Gasteiger partial charge on any atom is -0.493 e. The number of rotatable bonds is 6. The van der Waals surface area contributed by atoms with Gasteiger partial charge in [-0.3, -0.25) is 0 Å². The fourth-order valence-corrected chi connectivity index (χ4v) is 2.89. The van der Waals surface area contributed by atoms with Crippen LogP contribution in [0.25, 0.3) is 0 Å². The van der Waals surface area contributed by atoms with Gasteiger partial charge in [0.2, 0.25) is 0 Å². The SMILES string of the molecule is CCCOc1ccc(Br)cc1CNC1CCOC(C)C1. The highest BCUT2D eigenvalue weighted by molar-refractivity contribution is 9.10. The lowest BCUT2D eigenvalue weighted by molar-refractivity contribution is 0.0130. The molecular weight excluding hydrogens is 318 g/mol. The van der Waals surface area contributed by atoms with Crippen LogP contribution in [0, 0.1) is 0 Å². The molecule has 0 aliphatic carbocycles. The van der Waals surface area contributed by atoms with E-state index in [1.807, 2.05) is 12.1 Å². The third-order valence-corrected chi connectivity index (χ3v) is 4.04. The molecule has 0 spiro atoms. The molecule has 2 rings (SSSR count). The molecule has 1 heterocycles. The average molecular weight is 342 g/mol. The molecule has 1 saturated heterocycles. The second kappa shape index (κ2) is 8.01. The van der Waals surface area contributed by atoms with Crippen LogP contribution in [-0.4, -0.2) is 25.4 Å². The Bertz CT molecular complexity index is 425. The zero-order valence-electron chi connectivity index (χ0n) is 12.3. The molecule has 1 aliphatic heterocycles. The molecule has 1 N–H and O–H groups in total. The fourth-order valence-electron chi connectivity index (χ4n) is 2.48. The molecule has 112 valence electrons. The van der Waals surface area contributed by atoms with E-state index in [0.29, 0.717) is 12.1 Å². The second-order valence-corrected chi connectivity index (χ2v) is 6.30. The Morgan fingerprint density at radius 1 is 1.45 bits per heavy atom. The Balaban J connectivity index is 1.94. The fraction of sp³-hybridized carbons (Fsp3) is 0.625. The van der Waals surface area contributed by atoms with Crippen molar-refractivity contribution in [2.75, 3.05) is 13.2 Å². The summed E-state index contributed by atoms with van der Waals surface area (Å²) < 4.78 is 12.5. The van der Waals surface area contributed by atoms with Crippen LogP contribution in [0.2, 0.25) is 0 Å². The summed E-state index contributed by atoms with van der Waals surface area (Å²) in [7, 11) is 0. The van der Waals surface area contributed by atoms with Crippen molar-refractivity contribution in [1.29, 1.82) is 0 Å². The third kappa shape index (κ3) is 4.76. The number of nitrogens with one attached hydrogen (secondary N) is 1. The minimum absolute atomic E-state index is 0.361. The van der Waals surface area contributed by atoms with Gasteiger partial charge in [0.15, 0.2) is 0 Å². The molecule has 1 aromatic rings. The number of hydrogen-bond donors (Lipinski definition) is 1. The Kier molecular flexibility index (Phi) is 6.33. The Labute approximate surface area is 130 Å². The van der Waals surface area contributed by atoms with Crippen LogP contribution >= 0.6 is 15.9 Å². The summed E-state index contributed by atoms with van der Waals surface area (Å²) in [6, 6.07) is 6.76. The number of benzene rings is 1. The summed E-state index contributed by atoms with van der Waals surface area (Å²) in [4.78, 5) is 0. The van der Waals surface area contributed by atoms with Gasteiger partial charge >= 0.3 is 0 Å². The van der Waals surface area contributed by atoms with Gasteiger partial charge in [-0.1, -0.05) is 22.9 Å². The Hall–Kier alpha value is -0.580. The molecule has 0 amide bonds. The maximum absolute atomic E-state index is 5.82. The summed E-state index contributed by atoms with van der Waals surface area (Å²) in [5.41, 5.74) is 1.21. The van der Waals surface area contributed by atoms with Crippen molar-refractivity contribution in [3.63, 3.8) is 0 Å². The molecule has 1 aliphatic rings. The van der Waals surface area contributed by atoms with E-state index in [9.17, 15) is 0 Å². The van der Waals surface area contributed by atoms with Gasteiger partial charge in [0.05, 0.1) is 12.7 Å². The molecule has 4 heteroatoms. The molecule has 3 nitrogen and oxygen atoms in total. The monoisotopic (exact) mass is 341 g/mol. The van der Waals surface area contributed by atoms with Gasteiger partial charge in [-0.15, -0.1) is 0 Å². The molecule has 20 heavy (non-hydrogen) atoms. The number of ether oxygens (including phenoxy) is 2. The average Bonchev–Trinajstić information content (AvgIpc) is 2.44. The van der Waals surface area contributed by atoms with Crippen molar-refractivity contribution in [3.05, 3.63) is 28.2 Å². The van der Waals surface area contributed by atoms with E-state index in [1.54, 1.807) is 0 Å². The molecular formula is C16H24BrNO2. The number of halogens is 1. The summed E-state index contributed by atoms with van der Waals surface area (Å²) in [6.07, 6.45) is 3.56. The van der Waals surface area contributed by atoms with Crippen LogP contribution in [0.5, 0.6) is 5.75 Å². The lowest BCUT2D eigenvalue weighted by atomic mass is 10.0. The zero-order valence-corrected chi connectivity index (χ0v) is 13.9. The van der Waals surface area contributed by atoms with E-state index < -0.39 is 0 Å². The van der Waals surface area contributed by atoms with Crippen molar-refractivity contribution in [1.82, 2.24) is 5.32 Å². The van der Waals surface area contributed by atoms with E-state index in [4.69, 9.17) is 9.47 Å². The van der Waals surface area contributed by atoms with Gasteiger partial charge in [0.1, 0.15) is 5.75 Å². The van der Waals surface area contributed by atoms with Crippen molar-refractivity contribution in [3.8, 4) is 5.75 Å². The minimum atomic E-state index is 0.361. The Morgan fingerprint density at radius 3 is 3.05 bits per heavy atom. The van der Waals surface area contributed by atoms with E-state index >= 15 is 0 Å². The highest BCUT2D eigenvalue weighted by atomic mass is 79.9. The van der Waals surface area contributed by atoms with Gasteiger partial charge in [-0.25, -0.2) is 0 Å². The highest BCUT2D eigenvalue weighted by Gasteiger charge is 2.19. The summed E-state index contributed by atoms with van der Waals surface area (Å²) in [5.74, 6) is 0.989. The van der Waals surface area contributed by atoms with Gasteiger partial charge < -0.3 is 14.8 Å². The third-order valence-electron chi connectivity index (χ3n) is 3.55. The van der Waals surface area contributed by atoms with Crippen LogP contribution in [0.4, 0.5) is 0 Å². The Morgan fingerprint density at radius 2 is 2.30 bits per heavy atom. The van der Waals surface area contributed by atoms with Crippen molar-refractivity contribution < 1.29 is 9.47 Å². The van der Waals surface area contributed by atoms with E-state index in [2.05, 4.69) is 41.2 Å². The smallest absolute Gasteiger partial charge is 0.123 e. The van der Waals surface area contributed by atoms with Crippen molar-refractivity contribution in [2.24, 2.45) is 0 Å². The second-order valence-electron chi connectivity index (χ2n) is 5.38. The standard InChI is InChI=1S/C16H24BrNO2/c1-3-7-20-16-5-4-14(17)10-13(16)11-18-15-6-8-19-12(2)9-15/h4-5,10,12,15,18H,3,6-9,11H2,1-2H3. The molecule has 1 fully saturated rings. The van der Waals surface area contributed by atoms with Crippen LogP contribution in [-0.2, 0) is 11.3 Å². The molecule has 2 unspecified atom stereocenters. The largest absolute Gasteiger partial charge is 0.493 e. The zero-order chi connectivity index (χ0) is 14.4. The first-order valence-corrected chi connectivity index (χ1v) is 8.24. The number of hydrogen-bond acceptors (Lipinski definition) is 3. The molecule has 0 bridgehead atoms. The summed E-state index contributed by atoms with van der Waals surface area (Å²) >= 11 is 3.54. The molecule has 0 aromatic heterocycles. The molecule has 0 radical (unpaired) electrons. The topological polar surface area (TPSA) is 30.5 Å². The molecule has 2 atom stereocenters. The quantitative estimate of drug-likeness (QED) is 0.851. The first kappa shape index (κ1) is 15.8. The predicted octanol–water partition coefficient (Wildman–Crippen LogP) is 3.90. The lowest BCUT2D eigenvalue weighted by Gasteiger charge is -2.28. The van der Waals surface area contributed by atoms with Crippen molar-refractivity contribution >= 4 is 15.9 Å². The van der Waals surface area contributed by atoms with Crippen LogP contribution < -0.4 is 10.1 Å². The van der Waals surface area contributed by atoms with Gasteiger partial charge in [0.25, 0.3) is 0 Å². The maximum Gasteiger partial charge on any atom is 0.123 e. The van der Waals surface area contributed by atoms with Crippen LogP contribution in [0.15, 0.2) is 22.7 Å². The van der Waals surface area contributed by atoms with Gasteiger partial charge in [-0.2, -0.15) is 0 Å². The van der Waals surface area contributed by atoms with Crippen LogP contribution in [0.3, 0.4) is 0 Å². The first-order valence-electron chi connectivity index (χ1n) is 7.45. The van der Waals surface area contributed by atoms with Crippen LogP contribution in [0.1, 0.15) is 38.7 Å². The van der Waals surface area contributed by atoms with E-state index in [1.165, 1.54) is 5.56 Å². The van der Waals surface area contributed by atoms with Gasteiger partial charge in [-0.05, 0) is 44.4 Å². The summed E-state index contributed by atoms with van der Waals surface area (Å²) in [5, 5.41) is 3.63. The molecule has 1 aromatic carbocycles.